The third kappa shape index (κ3) is 4.30. The lowest BCUT2D eigenvalue weighted by Crippen LogP contribution is -1.96. The van der Waals surface area contributed by atoms with Gasteiger partial charge in [-0.3, -0.25) is 0 Å². The molecule has 5 heteroatoms. The molecule has 0 unspecified atom stereocenters. The molecule has 174 valence electrons. The molecule has 0 saturated heterocycles. The number of benzene rings is 4. The number of ether oxygens (including phenoxy) is 1. The van der Waals surface area contributed by atoms with Crippen molar-refractivity contribution in [2.24, 2.45) is 7.05 Å². The molecule has 6 aromatic rings. The van der Waals surface area contributed by atoms with Gasteiger partial charge in [-0.1, -0.05) is 78.9 Å². The Bertz CT molecular complexity index is 1560. The van der Waals surface area contributed by atoms with Gasteiger partial charge >= 0.3 is 0 Å². The standard InChI is InChI=1S/C31H24N4O/c1-34-19-18-32-31(34)25-14-8-16-27(20-25)36-28-17-9-15-26(21-28)35-22-29(23-10-4-2-5-11-23)30(33-35)24-12-6-3-7-13-24/h2-22H,1H3. The summed E-state index contributed by atoms with van der Waals surface area (Å²) in [5.41, 5.74) is 6.15. The van der Waals surface area contributed by atoms with E-state index in [0.29, 0.717) is 0 Å². The van der Waals surface area contributed by atoms with Gasteiger partial charge in [0, 0.05) is 48.4 Å². The van der Waals surface area contributed by atoms with Gasteiger partial charge < -0.3 is 9.30 Å². The van der Waals surface area contributed by atoms with E-state index in [0.717, 1.165) is 51.0 Å². The monoisotopic (exact) mass is 468 g/mol. The van der Waals surface area contributed by atoms with Gasteiger partial charge in [-0.15, -0.1) is 0 Å². The highest BCUT2D eigenvalue weighted by Crippen LogP contribution is 2.33. The molecule has 0 aliphatic rings. The number of imidazole rings is 1. The van der Waals surface area contributed by atoms with Crippen molar-refractivity contribution in [2.75, 3.05) is 0 Å². The molecule has 0 spiro atoms. The molecule has 2 heterocycles. The molecule has 6 rings (SSSR count). The van der Waals surface area contributed by atoms with Crippen molar-refractivity contribution in [1.29, 1.82) is 0 Å². The molecule has 0 fully saturated rings. The van der Waals surface area contributed by atoms with Crippen LogP contribution in [0, 0.1) is 0 Å². The lowest BCUT2D eigenvalue weighted by Gasteiger charge is -2.09. The fourth-order valence-electron chi connectivity index (χ4n) is 4.31. The van der Waals surface area contributed by atoms with Gasteiger partial charge in [0.25, 0.3) is 0 Å². The summed E-state index contributed by atoms with van der Waals surface area (Å²) in [6.45, 7) is 0. The molecule has 0 bridgehead atoms. The van der Waals surface area contributed by atoms with Crippen LogP contribution in [0.3, 0.4) is 0 Å². The number of aryl methyl sites for hydroxylation is 1. The Morgan fingerprint density at radius 3 is 2.06 bits per heavy atom. The minimum atomic E-state index is 0.738. The Labute approximate surface area is 209 Å². The van der Waals surface area contributed by atoms with Gasteiger partial charge in [0.05, 0.1) is 5.69 Å². The molecular formula is C31H24N4O. The van der Waals surface area contributed by atoms with Crippen molar-refractivity contribution in [2.45, 2.75) is 0 Å². The highest BCUT2D eigenvalue weighted by molar-refractivity contribution is 5.80. The van der Waals surface area contributed by atoms with Gasteiger partial charge in [0.15, 0.2) is 0 Å². The van der Waals surface area contributed by atoms with E-state index in [4.69, 9.17) is 9.84 Å². The molecule has 4 aromatic carbocycles. The fraction of sp³-hybridized carbons (Fsp3) is 0.0323. The summed E-state index contributed by atoms with van der Waals surface area (Å²) in [4.78, 5) is 4.44. The lowest BCUT2D eigenvalue weighted by molar-refractivity contribution is 0.482. The average Bonchev–Trinajstić information content (AvgIpc) is 3.57. The van der Waals surface area contributed by atoms with E-state index in [2.05, 4.69) is 47.6 Å². The van der Waals surface area contributed by atoms with Gasteiger partial charge in [-0.2, -0.15) is 5.10 Å². The molecule has 0 N–H and O–H groups in total. The van der Waals surface area contributed by atoms with Crippen LogP contribution in [0.1, 0.15) is 0 Å². The minimum absolute atomic E-state index is 0.738. The Morgan fingerprint density at radius 1 is 0.667 bits per heavy atom. The summed E-state index contributed by atoms with van der Waals surface area (Å²) >= 11 is 0. The molecule has 0 amide bonds. The summed E-state index contributed by atoms with van der Waals surface area (Å²) in [6.07, 6.45) is 5.81. The van der Waals surface area contributed by atoms with Gasteiger partial charge in [0.1, 0.15) is 23.0 Å². The maximum absolute atomic E-state index is 6.25. The third-order valence-electron chi connectivity index (χ3n) is 6.08. The Morgan fingerprint density at radius 2 is 1.33 bits per heavy atom. The normalized spacial score (nSPS) is 10.9. The first-order valence-electron chi connectivity index (χ1n) is 11.8. The SMILES string of the molecule is Cn1ccnc1-c1cccc(Oc2cccc(-n3cc(-c4ccccc4)c(-c4ccccc4)n3)c2)c1. The second kappa shape index (κ2) is 9.39. The second-order valence-electron chi connectivity index (χ2n) is 8.56. The van der Waals surface area contributed by atoms with Crippen LogP contribution >= 0.6 is 0 Å². The summed E-state index contributed by atoms with van der Waals surface area (Å²) in [5.74, 6) is 2.39. The zero-order chi connectivity index (χ0) is 24.3. The van der Waals surface area contributed by atoms with Crippen molar-refractivity contribution < 1.29 is 4.74 Å². The van der Waals surface area contributed by atoms with Crippen LogP contribution in [0.2, 0.25) is 0 Å². The molecule has 5 nitrogen and oxygen atoms in total. The zero-order valence-corrected chi connectivity index (χ0v) is 19.8. The molecule has 0 aliphatic heterocycles. The Hall–Kier alpha value is -4.90. The number of hydrogen-bond donors (Lipinski definition) is 0. The maximum Gasteiger partial charge on any atom is 0.139 e. The van der Waals surface area contributed by atoms with Gasteiger partial charge in [-0.25, -0.2) is 9.67 Å². The van der Waals surface area contributed by atoms with Crippen LogP contribution < -0.4 is 4.74 Å². The van der Waals surface area contributed by atoms with Crippen LogP contribution in [0.5, 0.6) is 11.5 Å². The average molecular weight is 469 g/mol. The van der Waals surface area contributed by atoms with E-state index in [1.807, 2.05) is 95.3 Å². The highest BCUT2D eigenvalue weighted by atomic mass is 16.5. The maximum atomic E-state index is 6.25. The quantitative estimate of drug-likeness (QED) is 0.256. The summed E-state index contributed by atoms with van der Waals surface area (Å²) in [5, 5.41) is 4.98. The van der Waals surface area contributed by atoms with Gasteiger partial charge in [-0.05, 0) is 29.8 Å². The van der Waals surface area contributed by atoms with E-state index >= 15 is 0 Å². The highest BCUT2D eigenvalue weighted by Gasteiger charge is 2.14. The largest absolute Gasteiger partial charge is 0.457 e. The van der Waals surface area contributed by atoms with Crippen molar-refractivity contribution in [1.82, 2.24) is 19.3 Å². The molecule has 0 atom stereocenters. The molecule has 0 saturated carbocycles. The number of rotatable bonds is 6. The van der Waals surface area contributed by atoms with Crippen LogP contribution in [0.4, 0.5) is 0 Å². The summed E-state index contributed by atoms with van der Waals surface area (Å²) in [7, 11) is 1.98. The van der Waals surface area contributed by atoms with Crippen molar-refractivity contribution >= 4 is 0 Å². The molecule has 36 heavy (non-hydrogen) atoms. The van der Waals surface area contributed by atoms with Crippen LogP contribution in [-0.4, -0.2) is 19.3 Å². The number of aromatic nitrogens is 4. The molecule has 0 radical (unpaired) electrons. The molecule has 2 aromatic heterocycles. The molecular weight excluding hydrogens is 444 g/mol. The van der Waals surface area contributed by atoms with E-state index in [1.54, 1.807) is 6.20 Å². The second-order valence-corrected chi connectivity index (χ2v) is 8.56. The Kier molecular flexibility index (Phi) is 5.64. The third-order valence-corrected chi connectivity index (χ3v) is 6.08. The van der Waals surface area contributed by atoms with E-state index in [1.165, 1.54) is 0 Å². The van der Waals surface area contributed by atoms with Crippen LogP contribution in [-0.2, 0) is 7.05 Å². The van der Waals surface area contributed by atoms with E-state index in [9.17, 15) is 0 Å². The topological polar surface area (TPSA) is 44.9 Å². The fourth-order valence-corrected chi connectivity index (χ4v) is 4.31. The van der Waals surface area contributed by atoms with Crippen molar-refractivity contribution in [3.63, 3.8) is 0 Å². The first-order chi connectivity index (χ1) is 17.7. The Balaban J connectivity index is 1.35. The van der Waals surface area contributed by atoms with Crippen molar-refractivity contribution in [3.8, 4) is 51.0 Å². The number of nitrogens with zero attached hydrogens (tertiary/aromatic N) is 4. The summed E-state index contributed by atoms with van der Waals surface area (Å²) in [6, 6.07) is 36.6. The summed E-state index contributed by atoms with van der Waals surface area (Å²) < 4.78 is 10.2. The predicted octanol–water partition coefficient (Wildman–Crippen LogP) is 7.40. The zero-order valence-electron chi connectivity index (χ0n) is 19.8. The van der Waals surface area contributed by atoms with Gasteiger partial charge in [0.2, 0.25) is 0 Å². The number of hydrogen-bond acceptors (Lipinski definition) is 3. The van der Waals surface area contributed by atoms with Crippen molar-refractivity contribution in [3.05, 3.63) is 128 Å². The van der Waals surface area contributed by atoms with Crippen LogP contribution in [0.25, 0.3) is 39.5 Å². The lowest BCUT2D eigenvalue weighted by atomic mass is 10.0. The van der Waals surface area contributed by atoms with E-state index < -0.39 is 0 Å². The predicted molar refractivity (Wildman–Crippen MR) is 143 cm³/mol. The van der Waals surface area contributed by atoms with E-state index in [-0.39, 0.29) is 0 Å². The first-order valence-corrected chi connectivity index (χ1v) is 11.8. The minimum Gasteiger partial charge on any atom is -0.457 e. The smallest absolute Gasteiger partial charge is 0.139 e. The molecule has 0 aliphatic carbocycles. The first kappa shape index (κ1) is 21.6. The van der Waals surface area contributed by atoms with Crippen LogP contribution in [0.15, 0.2) is 128 Å².